The number of anilines is 1. The van der Waals surface area contributed by atoms with Crippen LogP contribution in [0.2, 0.25) is 0 Å². The molecule has 0 aliphatic heterocycles. The molecule has 2 N–H and O–H groups in total. The fourth-order valence-electron chi connectivity index (χ4n) is 7.12. The van der Waals surface area contributed by atoms with Crippen molar-refractivity contribution < 1.29 is 38.2 Å². The first-order valence-electron chi connectivity index (χ1n) is 16.1. The molecule has 0 fully saturated rings. The van der Waals surface area contributed by atoms with Crippen LogP contribution in [0.15, 0.2) is 47.2 Å². The van der Waals surface area contributed by atoms with Gasteiger partial charge in [0, 0.05) is 36.2 Å². The molecule has 3 aliphatic carbocycles. The van der Waals surface area contributed by atoms with Gasteiger partial charge in [0.25, 0.3) is 5.88 Å². The normalized spacial score (nSPS) is 23.4. The summed E-state index contributed by atoms with van der Waals surface area (Å²) in [4.78, 5) is 32.3. The average Bonchev–Trinajstić information content (AvgIpc) is 3.43. The number of aliphatic hydroxyl groups is 2. The van der Waals surface area contributed by atoms with Crippen molar-refractivity contribution in [3.05, 3.63) is 71.0 Å². The van der Waals surface area contributed by atoms with Crippen molar-refractivity contribution in [3.63, 3.8) is 0 Å². The molecular weight excluding hydrogens is 593 g/mol. The smallest absolute Gasteiger partial charge is 0.265 e. The second-order valence-electron chi connectivity index (χ2n) is 12.5. The van der Waals surface area contributed by atoms with Gasteiger partial charge in [0.15, 0.2) is 22.9 Å². The van der Waals surface area contributed by atoms with Crippen LogP contribution in [0.25, 0.3) is 0 Å². The number of hydrogen-bond donors (Lipinski definition) is 2. The Bertz CT molecular complexity index is 1550. The predicted molar refractivity (Wildman–Crippen MR) is 171 cm³/mol. The SMILES string of the molecule is C=CCN(CC=C)c1cc(F)c2c(c1OCCCC)C(=O)C1=C(O)[C@]3(O)C(=O)c4c(OCCCC)noc4[C@@H](N(C)C)[C@@H]3C[C@@H]1C2. The van der Waals surface area contributed by atoms with Gasteiger partial charge in [-0.15, -0.1) is 13.2 Å². The molecule has 1 aromatic carbocycles. The van der Waals surface area contributed by atoms with Crippen LogP contribution in [0.3, 0.4) is 0 Å². The highest BCUT2D eigenvalue weighted by Crippen LogP contribution is 2.57. The average molecular weight is 638 g/mol. The van der Waals surface area contributed by atoms with Crippen LogP contribution in [0.4, 0.5) is 10.1 Å². The molecule has 0 spiro atoms. The van der Waals surface area contributed by atoms with Gasteiger partial charge in [-0.3, -0.25) is 14.5 Å². The van der Waals surface area contributed by atoms with Crippen molar-refractivity contribution in [1.29, 1.82) is 0 Å². The number of aromatic nitrogens is 1. The predicted octanol–water partition coefficient (Wildman–Crippen LogP) is 5.77. The maximum atomic E-state index is 16.1. The summed E-state index contributed by atoms with van der Waals surface area (Å²) in [6.07, 6.45) is 6.59. The van der Waals surface area contributed by atoms with Crippen LogP contribution in [-0.4, -0.2) is 77.8 Å². The Morgan fingerprint density at radius 2 is 1.76 bits per heavy atom. The number of aliphatic hydroxyl groups excluding tert-OH is 1. The van der Waals surface area contributed by atoms with Crippen molar-refractivity contribution in [1.82, 2.24) is 10.1 Å². The van der Waals surface area contributed by atoms with E-state index in [4.69, 9.17) is 14.0 Å². The number of ether oxygens (including phenoxy) is 2. The minimum absolute atomic E-state index is 0.00856. The van der Waals surface area contributed by atoms with Gasteiger partial charge in [0.05, 0.1) is 30.5 Å². The minimum atomic E-state index is -2.47. The van der Waals surface area contributed by atoms with E-state index in [0.717, 1.165) is 12.8 Å². The van der Waals surface area contributed by atoms with Crippen LogP contribution >= 0.6 is 0 Å². The van der Waals surface area contributed by atoms with Crippen molar-refractivity contribution in [2.24, 2.45) is 11.8 Å². The topological polar surface area (TPSA) is 126 Å². The minimum Gasteiger partial charge on any atom is -0.508 e. The number of halogens is 1. The Morgan fingerprint density at radius 1 is 1.11 bits per heavy atom. The molecule has 0 saturated carbocycles. The third-order valence-electron chi connectivity index (χ3n) is 9.32. The molecule has 1 heterocycles. The Labute approximate surface area is 269 Å². The van der Waals surface area contributed by atoms with Gasteiger partial charge in [-0.05, 0) is 50.9 Å². The number of rotatable bonds is 14. The Kier molecular flexibility index (Phi) is 9.74. The van der Waals surface area contributed by atoms with E-state index >= 15 is 4.39 Å². The number of unbranched alkanes of at least 4 members (excludes halogenated alkanes) is 2. The Balaban J connectivity index is 1.68. The second kappa shape index (κ2) is 13.4. The summed E-state index contributed by atoms with van der Waals surface area (Å²) in [5.74, 6) is -4.06. The fourth-order valence-corrected chi connectivity index (χ4v) is 7.12. The van der Waals surface area contributed by atoms with Gasteiger partial charge in [-0.2, -0.15) is 0 Å². The quantitative estimate of drug-likeness (QED) is 0.195. The Morgan fingerprint density at radius 3 is 2.37 bits per heavy atom. The zero-order chi connectivity index (χ0) is 33.3. The van der Waals surface area contributed by atoms with Crippen LogP contribution in [-0.2, 0) is 6.42 Å². The molecule has 248 valence electrons. The summed E-state index contributed by atoms with van der Waals surface area (Å²) in [6.45, 7) is 12.9. The van der Waals surface area contributed by atoms with Crippen molar-refractivity contribution in [3.8, 4) is 11.6 Å². The molecule has 11 heteroatoms. The van der Waals surface area contributed by atoms with Gasteiger partial charge in [-0.1, -0.05) is 38.8 Å². The molecule has 0 saturated heterocycles. The highest BCUT2D eigenvalue weighted by molar-refractivity contribution is 6.16. The zero-order valence-electron chi connectivity index (χ0n) is 27.1. The van der Waals surface area contributed by atoms with Crippen molar-refractivity contribution in [2.75, 3.05) is 45.3 Å². The lowest BCUT2D eigenvalue weighted by Gasteiger charge is -2.49. The number of fused-ring (bicyclic) bond motifs is 4. The summed E-state index contributed by atoms with van der Waals surface area (Å²) < 4.78 is 33.7. The van der Waals surface area contributed by atoms with E-state index in [1.807, 2.05) is 13.8 Å². The van der Waals surface area contributed by atoms with E-state index in [0.29, 0.717) is 31.6 Å². The lowest BCUT2D eigenvalue weighted by atomic mass is 9.58. The first kappa shape index (κ1) is 33.4. The molecule has 3 aliphatic rings. The maximum Gasteiger partial charge on any atom is 0.265 e. The van der Waals surface area contributed by atoms with Crippen molar-refractivity contribution in [2.45, 2.75) is 64.0 Å². The van der Waals surface area contributed by atoms with Gasteiger partial charge in [-0.25, -0.2) is 4.39 Å². The van der Waals surface area contributed by atoms with E-state index in [-0.39, 0.29) is 65.7 Å². The summed E-state index contributed by atoms with van der Waals surface area (Å²) in [7, 11) is 3.53. The summed E-state index contributed by atoms with van der Waals surface area (Å²) in [6, 6.07) is 0.683. The number of ketones is 2. The molecule has 4 atom stereocenters. The summed E-state index contributed by atoms with van der Waals surface area (Å²) in [5, 5.41) is 28.2. The van der Waals surface area contributed by atoms with E-state index in [9.17, 15) is 19.8 Å². The van der Waals surface area contributed by atoms with Gasteiger partial charge < -0.3 is 29.1 Å². The molecule has 2 aromatic rings. The van der Waals surface area contributed by atoms with Crippen LogP contribution in [0.5, 0.6) is 11.6 Å². The lowest BCUT2D eigenvalue weighted by molar-refractivity contribution is -0.0559. The zero-order valence-corrected chi connectivity index (χ0v) is 27.1. The monoisotopic (exact) mass is 637 g/mol. The third kappa shape index (κ3) is 5.33. The summed E-state index contributed by atoms with van der Waals surface area (Å²) in [5.41, 5.74) is -2.10. The van der Waals surface area contributed by atoms with Gasteiger partial charge >= 0.3 is 0 Å². The van der Waals surface area contributed by atoms with E-state index < -0.39 is 46.6 Å². The maximum absolute atomic E-state index is 16.1. The van der Waals surface area contributed by atoms with Crippen LogP contribution in [0.1, 0.15) is 84.0 Å². The number of hydrogen-bond acceptors (Lipinski definition) is 10. The number of carbonyl (C=O) groups excluding carboxylic acids is 2. The molecule has 10 nitrogen and oxygen atoms in total. The first-order chi connectivity index (χ1) is 22.1. The summed E-state index contributed by atoms with van der Waals surface area (Å²) >= 11 is 0. The highest BCUT2D eigenvalue weighted by Gasteiger charge is 2.64. The number of nitrogens with zero attached hydrogens (tertiary/aromatic N) is 3. The molecule has 1 aromatic heterocycles. The first-order valence-corrected chi connectivity index (χ1v) is 16.1. The molecule has 0 bridgehead atoms. The van der Waals surface area contributed by atoms with E-state index in [1.54, 1.807) is 36.0 Å². The largest absolute Gasteiger partial charge is 0.508 e. The highest BCUT2D eigenvalue weighted by atomic mass is 19.1. The molecule has 0 unspecified atom stereocenters. The number of allylic oxidation sites excluding steroid dienone is 1. The van der Waals surface area contributed by atoms with E-state index in [1.165, 1.54) is 6.07 Å². The standard InChI is InChI=1S/C35H44FN3O7/c1-7-11-15-44-30-24(39(13-9-3)14-10-4)19-23(36)21-17-20-18-22-28(38(5)6)31-27(34(37-46-31)45-16-12-8-2)33(42)35(22,43)32(41)25(20)29(40)26(21)30/h9-10,19-20,22,28,41,43H,3-4,7-8,11-18H2,1-2,5-6H3/t20-,22-,28-,35-/m0/s1. The fraction of sp³-hybridized carbons (Fsp3) is 0.514. The number of Topliss-reactive ketones (excluding diaryl/α,β-unsaturated/α-hetero) is 2. The van der Waals surface area contributed by atoms with Crippen LogP contribution in [0, 0.1) is 17.7 Å². The van der Waals surface area contributed by atoms with Crippen LogP contribution < -0.4 is 14.4 Å². The van der Waals surface area contributed by atoms with Crippen molar-refractivity contribution >= 4 is 17.3 Å². The molecule has 46 heavy (non-hydrogen) atoms. The Hall–Kier alpha value is -3.96. The molecular formula is C35H44FN3O7. The molecule has 0 amide bonds. The third-order valence-corrected chi connectivity index (χ3v) is 9.32. The second-order valence-corrected chi connectivity index (χ2v) is 12.5. The molecule has 0 radical (unpaired) electrons. The molecule has 5 rings (SSSR count). The van der Waals surface area contributed by atoms with Gasteiger partial charge in [0.1, 0.15) is 17.1 Å². The number of carbonyl (C=O) groups is 2. The lowest BCUT2D eigenvalue weighted by Crippen LogP contribution is -2.59. The number of benzene rings is 1. The van der Waals surface area contributed by atoms with Gasteiger partial charge in [0.2, 0.25) is 5.78 Å². The van der Waals surface area contributed by atoms with E-state index in [2.05, 4.69) is 18.3 Å².